The molecule has 1 aliphatic carbocycles. The van der Waals surface area contributed by atoms with E-state index in [0.717, 1.165) is 23.3 Å². The third-order valence-corrected chi connectivity index (χ3v) is 6.32. The Labute approximate surface area is 184 Å². The molecule has 4 aromatic carbocycles. The largest absolute Gasteiger partial charge is 0.489 e. The van der Waals surface area contributed by atoms with Crippen molar-refractivity contribution in [1.29, 1.82) is 0 Å². The van der Waals surface area contributed by atoms with Gasteiger partial charge in [0, 0.05) is 11.8 Å². The van der Waals surface area contributed by atoms with E-state index < -0.39 is 0 Å². The van der Waals surface area contributed by atoms with Gasteiger partial charge in [0.05, 0.1) is 0 Å². The zero-order valence-electron chi connectivity index (χ0n) is 17.6. The molecule has 0 bridgehead atoms. The molecule has 0 aliphatic heterocycles. The van der Waals surface area contributed by atoms with Gasteiger partial charge in [-0.05, 0) is 51.9 Å². The van der Waals surface area contributed by atoms with Gasteiger partial charge in [0.2, 0.25) is 0 Å². The molecule has 4 aromatic rings. The monoisotopic (exact) mass is 402 g/mol. The van der Waals surface area contributed by atoms with Crippen LogP contribution >= 0.6 is 0 Å². The van der Waals surface area contributed by atoms with Crippen LogP contribution in [0.25, 0.3) is 6.08 Å². The Balaban J connectivity index is 1.33. The van der Waals surface area contributed by atoms with Gasteiger partial charge < -0.3 is 4.74 Å². The first-order valence-electron chi connectivity index (χ1n) is 10.9. The van der Waals surface area contributed by atoms with Crippen LogP contribution in [-0.4, -0.2) is 0 Å². The number of fused-ring (bicyclic) bond motifs is 1. The maximum absolute atomic E-state index is 6.02. The first-order valence-corrected chi connectivity index (χ1v) is 10.9. The molecule has 0 fully saturated rings. The molecule has 0 saturated carbocycles. The van der Waals surface area contributed by atoms with Crippen molar-refractivity contribution in [2.45, 2.75) is 24.9 Å². The van der Waals surface area contributed by atoms with Crippen LogP contribution in [0.15, 0.2) is 110 Å². The molecule has 0 heterocycles. The summed E-state index contributed by atoms with van der Waals surface area (Å²) in [5.74, 6) is 1.78. The van der Waals surface area contributed by atoms with Gasteiger partial charge in [-0.3, -0.25) is 0 Å². The van der Waals surface area contributed by atoms with E-state index in [-0.39, 0.29) is 0 Å². The SMILES string of the molecule is C=Cc1ccc(COc2ccc(C3CC(c4ccccc4)c4ccccc43)cc2)cc1. The minimum Gasteiger partial charge on any atom is -0.489 e. The quantitative estimate of drug-likeness (QED) is 0.323. The summed E-state index contributed by atoms with van der Waals surface area (Å²) in [4.78, 5) is 0. The fourth-order valence-electron chi connectivity index (χ4n) is 4.66. The van der Waals surface area contributed by atoms with Gasteiger partial charge in [0.15, 0.2) is 0 Å². The summed E-state index contributed by atoms with van der Waals surface area (Å²) in [5, 5.41) is 0. The second kappa shape index (κ2) is 8.65. The van der Waals surface area contributed by atoms with Gasteiger partial charge in [-0.25, -0.2) is 0 Å². The van der Waals surface area contributed by atoms with Crippen LogP contribution in [0, 0.1) is 0 Å². The van der Waals surface area contributed by atoms with Crippen LogP contribution in [0.1, 0.15) is 51.6 Å². The zero-order chi connectivity index (χ0) is 21.0. The van der Waals surface area contributed by atoms with Crippen LogP contribution in [0.5, 0.6) is 5.75 Å². The fourth-order valence-corrected chi connectivity index (χ4v) is 4.66. The van der Waals surface area contributed by atoms with Crippen LogP contribution < -0.4 is 4.74 Å². The number of hydrogen-bond donors (Lipinski definition) is 0. The minimum atomic E-state index is 0.418. The first kappa shape index (κ1) is 19.4. The molecule has 152 valence electrons. The number of benzene rings is 4. The summed E-state index contributed by atoms with van der Waals surface area (Å²) < 4.78 is 6.02. The lowest BCUT2D eigenvalue weighted by molar-refractivity contribution is 0.306. The van der Waals surface area contributed by atoms with Crippen molar-refractivity contribution in [3.8, 4) is 5.75 Å². The molecule has 1 heteroatoms. The third kappa shape index (κ3) is 4.04. The van der Waals surface area contributed by atoms with Crippen LogP contribution in [0.2, 0.25) is 0 Å². The molecule has 0 spiro atoms. The number of hydrogen-bond acceptors (Lipinski definition) is 1. The topological polar surface area (TPSA) is 9.23 Å². The average molecular weight is 403 g/mol. The Morgan fingerprint density at radius 1 is 0.677 bits per heavy atom. The van der Waals surface area contributed by atoms with E-state index in [0.29, 0.717) is 18.4 Å². The van der Waals surface area contributed by atoms with Crippen molar-refractivity contribution in [3.05, 3.63) is 143 Å². The molecular weight excluding hydrogens is 376 g/mol. The number of ether oxygens (including phenoxy) is 1. The van der Waals surface area contributed by atoms with Gasteiger partial charge in [-0.1, -0.05) is 104 Å². The molecule has 0 aromatic heterocycles. The molecule has 5 rings (SSSR count). The second-order valence-corrected chi connectivity index (χ2v) is 8.18. The number of rotatable bonds is 6. The van der Waals surface area contributed by atoms with E-state index in [4.69, 9.17) is 4.74 Å². The van der Waals surface area contributed by atoms with Crippen LogP contribution in [0.3, 0.4) is 0 Å². The molecule has 0 N–H and O–H groups in total. The van der Waals surface area contributed by atoms with Crippen molar-refractivity contribution < 1.29 is 4.74 Å². The normalized spacial score (nSPS) is 17.2. The molecule has 2 unspecified atom stereocenters. The Morgan fingerprint density at radius 3 is 1.87 bits per heavy atom. The summed E-state index contributed by atoms with van der Waals surface area (Å²) in [6, 6.07) is 36.8. The van der Waals surface area contributed by atoms with Crippen molar-refractivity contribution >= 4 is 6.08 Å². The molecule has 0 amide bonds. The van der Waals surface area contributed by atoms with E-state index in [1.165, 1.54) is 22.3 Å². The summed E-state index contributed by atoms with van der Waals surface area (Å²) in [6.45, 7) is 4.37. The van der Waals surface area contributed by atoms with E-state index in [1.54, 1.807) is 0 Å². The molecule has 1 aliphatic rings. The van der Waals surface area contributed by atoms with E-state index in [1.807, 2.05) is 6.08 Å². The Bertz CT molecular complexity index is 1160. The highest BCUT2D eigenvalue weighted by Gasteiger charge is 2.32. The summed E-state index contributed by atoms with van der Waals surface area (Å²) >= 11 is 0. The fraction of sp³-hybridized carbons (Fsp3) is 0.133. The Hall–Kier alpha value is -3.58. The molecule has 2 atom stereocenters. The van der Waals surface area contributed by atoms with Crippen LogP contribution in [0.4, 0.5) is 0 Å². The van der Waals surface area contributed by atoms with Gasteiger partial charge in [0.25, 0.3) is 0 Å². The maximum Gasteiger partial charge on any atom is 0.119 e. The van der Waals surface area contributed by atoms with Gasteiger partial charge in [0.1, 0.15) is 12.4 Å². The van der Waals surface area contributed by atoms with Gasteiger partial charge in [-0.2, -0.15) is 0 Å². The van der Waals surface area contributed by atoms with Crippen molar-refractivity contribution in [2.24, 2.45) is 0 Å². The summed E-state index contributed by atoms with van der Waals surface area (Å²) in [6.07, 6.45) is 2.96. The lowest BCUT2D eigenvalue weighted by Crippen LogP contribution is -1.99. The highest BCUT2D eigenvalue weighted by molar-refractivity contribution is 5.50. The Morgan fingerprint density at radius 2 is 1.26 bits per heavy atom. The van der Waals surface area contributed by atoms with Crippen LogP contribution in [-0.2, 0) is 6.61 Å². The molecular formula is C30H26O. The summed E-state index contributed by atoms with van der Waals surface area (Å²) in [7, 11) is 0. The zero-order valence-corrected chi connectivity index (χ0v) is 17.6. The van der Waals surface area contributed by atoms with Crippen molar-refractivity contribution in [1.82, 2.24) is 0 Å². The van der Waals surface area contributed by atoms with Crippen molar-refractivity contribution in [3.63, 3.8) is 0 Å². The molecule has 0 saturated heterocycles. The van der Waals surface area contributed by atoms with Gasteiger partial charge in [-0.15, -0.1) is 0 Å². The predicted molar refractivity (Wildman–Crippen MR) is 128 cm³/mol. The first-order chi connectivity index (χ1) is 15.3. The van der Waals surface area contributed by atoms with Gasteiger partial charge >= 0.3 is 0 Å². The maximum atomic E-state index is 6.02. The lowest BCUT2D eigenvalue weighted by atomic mass is 9.90. The summed E-state index contributed by atoms with van der Waals surface area (Å²) in [5.41, 5.74) is 7.95. The third-order valence-electron chi connectivity index (χ3n) is 6.32. The average Bonchev–Trinajstić information content (AvgIpc) is 3.24. The van der Waals surface area contributed by atoms with Crippen molar-refractivity contribution in [2.75, 3.05) is 0 Å². The van der Waals surface area contributed by atoms with E-state index in [9.17, 15) is 0 Å². The Kier molecular flexibility index (Phi) is 5.41. The minimum absolute atomic E-state index is 0.418. The highest BCUT2D eigenvalue weighted by Crippen LogP contribution is 2.48. The molecule has 0 radical (unpaired) electrons. The standard InChI is InChI=1S/C30H26O/c1-2-22-12-14-23(15-13-22)21-31-26-18-16-25(17-19-26)30-20-29(24-8-4-3-5-9-24)27-10-6-7-11-28(27)30/h2-19,29-30H,1,20-21H2. The lowest BCUT2D eigenvalue weighted by Gasteiger charge is -2.14. The smallest absolute Gasteiger partial charge is 0.119 e. The molecule has 31 heavy (non-hydrogen) atoms. The second-order valence-electron chi connectivity index (χ2n) is 8.18. The van der Waals surface area contributed by atoms with E-state index in [2.05, 4.69) is 110 Å². The predicted octanol–water partition coefficient (Wildman–Crippen LogP) is 7.58. The molecule has 1 nitrogen and oxygen atoms in total. The van der Waals surface area contributed by atoms with E-state index >= 15 is 0 Å². The highest BCUT2D eigenvalue weighted by atomic mass is 16.5.